The van der Waals surface area contributed by atoms with Crippen LogP contribution in [0.1, 0.15) is 34.8 Å². The number of hydrogen-bond acceptors (Lipinski definition) is 6. The van der Waals surface area contributed by atoms with Crippen molar-refractivity contribution in [2.75, 3.05) is 5.32 Å². The van der Waals surface area contributed by atoms with Gasteiger partial charge < -0.3 is 5.32 Å². The summed E-state index contributed by atoms with van der Waals surface area (Å²) in [4.78, 5) is 20.1. The number of carbonyl (C=O) groups excluding carboxylic acids is 1. The summed E-state index contributed by atoms with van der Waals surface area (Å²) in [5.41, 5.74) is 3.12. The summed E-state index contributed by atoms with van der Waals surface area (Å²) in [5, 5.41) is 15.0. The van der Waals surface area contributed by atoms with E-state index in [4.69, 9.17) is 0 Å². The molecule has 2 amide bonds. The number of aryl methyl sites for hydroxylation is 1. The van der Waals surface area contributed by atoms with Crippen LogP contribution in [-0.2, 0) is 6.42 Å². The summed E-state index contributed by atoms with van der Waals surface area (Å²) in [6.45, 7) is 3.91. The van der Waals surface area contributed by atoms with Gasteiger partial charge in [-0.2, -0.15) is 0 Å². The minimum atomic E-state index is -0.343. The molecule has 1 atom stereocenters. The first-order valence-electron chi connectivity index (χ1n) is 7.81. The Morgan fingerprint density at radius 1 is 1.28 bits per heavy atom. The van der Waals surface area contributed by atoms with Gasteiger partial charge in [0, 0.05) is 12.6 Å². The van der Waals surface area contributed by atoms with Crippen molar-refractivity contribution in [2.45, 2.75) is 26.3 Å². The van der Waals surface area contributed by atoms with Gasteiger partial charge in [-0.25, -0.2) is 14.8 Å². The molecule has 0 aliphatic heterocycles. The molecule has 0 aliphatic carbocycles. The molecular formula is C17H18N6OS. The van der Waals surface area contributed by atoms with Gasteiger partial charge in [0.15, 0.2) is 0 Å². The van der Waals surface area contributed by atoms with Crippen molar-refractivity contribution < 1.29 is 4.79 Å². The molecule has 8 heteroatoms. The van der Waals surface area contributed by atoms with Crippen LogP contribution in [0.2, 0.25) is 0 Å². The monoisotopic (exact) mass is 354 g/mol. The van der Waals surface area contributed by atoms with Crippen LogP contribution in [0, 0.1) is 6.92 Å². The highest BCUT2D eigenvalue weighted by Gasteiger charge is 2.13. The minimum absolute atomic E-state index is 0.234. The molecule has 1 aromatic carbocycles. The summed E-state index contributed by atoms with van der Waals surface area (Å²) >= 11 is 1.37. The van der Waals surface area contributed by atoms with Crippen molar-refractivity contribution in [3.8, 4) is 0 Å². The number of hydrogen-bond donors (Lipinski definition) is 2. The molecule has 128 valence electrons. The van der Waals surface area contributed by atoms with Gasteiger partial charge in [-0.1, -0.05) is 41.2 Å². The van der Waals surface area contributed by atoms with Gasteiger partial charge in [0.25, 0.3) is 0 Å². The zero-order valence-electron chi connectivity index (χ0n) is 13.9. The second kappa shape index (κ2) is 7.80. The van der Waals surface area contributed by atoms with E-state index >= 15 is 0 Å². The zero-order chi connectivity index (χ0) is 17.6. The largest absolute Gasteiger partial charge is 0.330 e. The lowest BCUT2D eigenvalue weighted by Gasteiger charge is -2.12. The molecule has 7 nitrogen and oxygen atoms in total. The molecule has 2 heterocycles. The molecule has 3 rings (SSSR count). The minimum Gasteiger partial charge on any atom is -0.330 e. The molecule has 3 aromatic rings. The normalized spacial score (nSPS) is 11.8. The number of urea groups is 1. The molecular weight excluding hydrogens is 336 g/mol. The zero-order valence-corrected chi connectivity index (χ0v) is 14.7. The number of nitrogens with one attached hydrogen (secondary N) is 2. The summed E-state index contributed by atoms with van der Waals surface area (Å²) in [6.07, 6.45) is 3.79. The van der Waals surface area contributed by atoms with E-state index in [1.807, 2.05) is 13.0 Å². The Morgan fingerprint density at radius 2 is 2.16 bits per heavy atom. The Labute approximate surface area is 149 Å². The molecule has 0 saturated heterocycles. The molecule has 0 saturated carbocycles. The Hall–Kier alpha value is -2.87. The van der Waals surface area contributed by atoms with E-state index in [9.17, 15) is 4.79 Å². The number of benzene rings is 1. The van der Waals surface area contributed by atoms with Crippen LogP contribution in [0.5, 0.6) is 0 Å². The van der Waals surface area contributed by atoms with E-state index < -0.39 is 0 Å². The topological polar surface area (TPSA) is 92.7 Å². The van der Waals surface area contributed by atoms with E-state index in [-0.39, 0.29) is 12.1 Å². The van der Waals surface area contributed by atoms with E-state index in [0.717, 1.165) is 10.7 Å². The van der Waals surface area contributed by atoms with Crippen LogP contribution < -0.4 is 10.6 Å². The van der Waals surface area contributed by atoms with E-state index in [1.165, 1.54) is 28.8 Å². The number of anilines is 1. The molecule has 25 heavy (non-hydrogen) atoms. The second-order valence-electron chi connectivity index (χ2n) is 5.62. The van der Waals surface area contributed by atoms with Crippen LogP contribution in [0.25, 0.3) is 0 Å². The molecule has 0 radical (unpaired) electrons. The smallest absolute Gasteiger partial charge is 0.321 e. The van der Waals surface area contributed by atoms with Gasteiger partial charge in [0.1, 0.15) is 11.3 Å². The predicted molar refractivity (Wildman–Crippen MR) is 96.5 cm³/mol. The third-order valence-electron chi connectivity index (χ3n) is 3.52. The number of rotatable bonds is 5. The maximum Gasteiger partial charge on any atom is 0.321 e. The Bertz CT molecular complexity index is 851. The first-order chi connectivity index (χ1) is 12.1. The van der Waals surface area contributed by atoms with Gasteiger partial charge >= 0.3 is 6.03 Å². The lowest BCUT2D eigenvalue weighted by Crippen LogP contribution is -2.31. The van der Waals surface area contributed by atoms with Crippen molar-refractivity contribution in [3.05, 3.63) is 64.7 Å². The average molecular weight is 354 g/mol. The van der Waals surface area contributed by atoms with Gasteiger partial charge in [-0.3, -0.25) is 5.32 Å². The standard InChI is InChI=1S/C17H18N6OS/c1-11-4-3-5-13(8-11)9-15-22-23-17(25-15)21-16(24)20-12(2)14-6-7-18-10-19-14/h3-8,10,12H,9H2,1-2H3,(H2,20,21,23,24). The lowest BCUT2D eigenvalue weighted by molar-refractivity contribution is 0.249. The molecule has 0 spiro atoms. The molecule has 0 aliphatic rings. The Balaban J connectivity index is 1.56. The fraction of sp³-hybridized carbons (Fsp3) is 0.235. The summed E-state index contributed by atoms with van der Waals surface area (Å²) < 4.78 is 0. The average Bonchev–Trinajstić information content (AvgIpc) is 3.02. The van der Waals surface area contributed by atoms with Crippen molar-refractivity contribution in [3.63, 3.8) is 0 Å². The van der Waals surface area contributed by atoms with E-state index in [0.29, 0.717) is 11.6 Å². The highest BCUT2D eigenvalue weighted by molar-refractivity contribution is 7.15. The summed E-state index contributed by atoms with van der Waals surface area (Å²) in [6, 6.07) is 9.43. The SMILES string of the molecule is Cc1cccc(Cc2nnc(NC(=O)NC(C)c3ccncn3)s2)c1. The fourth-order valence-electron chi connectivity index (χ4n) is 2.33. The van der Waals surface area contributed by atoms with E-state index in [2.05, 4.69) is 55.9 Å². The molecule has 0 bridgehead atoms. The first-order valence-corrected chi connectivity index (χ1v) is 8.63. The third kappa shape index (κ3) is 4.80. The van der Waals surface area contributed by atoms with Crippen molar-refractivity contribution >= 4 is 22.5 Å². The number of carbonyl (C=O) groups is 1. The number of aromatic nitrogens is 4. The Kier molecular flexibility index (Phi) is 5.30. The highest BCUT2D eigenvalue weighted by atomic mass is 32.1. The Morgan fingerprint density at radius 3 is 2.92 bits per heavy atom. The highest BCUT2D eigenvalue weighted by Crippen LogP contribution is 2.19. The van der Waals surface area contributed by atoms with Gasteiger partial charge in [0.05, 0.1) is 11.7 Å². The second-order valence-corrected chi connectivity index (χ2v) is 6.68. The predicted octanol–water partition coefficient (Wildman–Crippen LogP) is 3.11. The maximum atomic E-state index is 12.1. The molecule has 0 fully saturated rings. The first kappa shape index (κ1) is 17.0. The van der Waals surface area contributed by atoms with Gasteiger partial charge in [0.2, 0.25) is 5.13 Å². The van der Waals surface area contributed by atoms with Crippen molar-refractivity contribution in [1.29, 1.82) is 0 Å². The van der Waals surface area contributed by atoms with Crippen LogP contribution in [0.15, 0.2) is 42.9 Å². The number of amides is 2. The van der Waals surface area contributed by atoms with Gasteiger partial charge in [-0.15, -0.1) is 10.2 Å². The molecule has 2 aromatic heterocycles. The lowest BCUT2D eigenvalue weighted by atomic mass is 10.1. The molecule has 1 unspecified atom stereocenters. The van der Waals surface area contributed by atoms with Crippen LogP contribution in [-0.4, -0.2) is 26.2 Å². The van der Waals surface area contributed by atoms with Crippen molar-refractivity contribution in [2.24, 2.45) is 0 Å². The maximum absolute atomic E-state index is 12.1. The van der Waals surface area contributed by atoms with Gasteiger partial charge in [-0.05, 0) is 25.5 Å². The quantitative estimate of drug-likeness (QED) is 0.734. The summed E-state index contributed by atoms with van der Waals surface area (Å²) in [7, 11) is 0. The van der Waals surface area contributed by atoms with Crippen LogP contribution in [0.4, 0.5) is 9.93 Å². The van der Waals surface area contributed by atoms with Crippen LogP contribution >= 0.6 is 11.3 Å². The fourth-order valence-corrected chi connectivity index (χ4v) is 3.10. The van der Waals surface area contributed by atoms with Crippen LogP contribution in [0.3, 0.4) is 0 Å². The van der Waals surface area contributed by atoms with Crippen molar-refractivity contribution in [1.82, 2.24) is 25.5 Å². The molecule has 2 N–H and O–H groups in total. The third-order valence-corrected chi connectivity index (χ3v) is 4.36. The summed E-state index contributed by atoms with van der Waals surface area (Å²) in [5.74, 6) is 0. The number of nitrogens with zero attached hydrogens (tertiary/aromatic N) is 4. The van der Waals surface area contributed by atoms with E-state index in [1.54, 1.807) is 12.3 Å².